The molecule has 0 unspecified atom stereocenters. The molecule has 1 aromatic rings. The highest BCUT2D eigenvalue weighted by molar-refractivity contribution is 5.54. The predicted molar refractivity (Wildman–Crippen MR) is 71.5 cm³/mol. The van der Waals surface area contributed by atoms with Crippen molar-refractivity contribution >= 4 is 5.69 Å². The van der Waals surface area contributed by atoms with E-state index in [1.807, 2.05) is 0 Å². The minimum Gasteiger partial charge on any atom is -0.384 e. The second-order valence-corrected chi connectivity index (χ2v) is 5.64. The van der Waals surface area contributed by atoms with Crippen LogP contribution in [-0.4, -0.2) is 6.54 Å². The number of hydrogen-bond donors (Lipinski definition) is 1. The van der Waals surface area contributed by atoms with Gasteiger partial charge >= 0.3 is 12.4 Å². The predicted octanol–water partition coefficient (Wildman–Crippen LogP) is 5.72. The van der Waals surface area contributed by atoms with Crippen LogP contribution in [0.15, 0.2) is 18.2 Å². The van der Waals surface area contributed by atoms with Crippen molar-refractivity contribution in [2.75, 3.05) is 11.9 Å². The largest absolute Gasteiger partial charge is 0.418 e. The van der Waals surface area contributed by atoms with Crippen LogP contribution in [0.1, 0.15) is 43.2 Å². The van der Waals surface area contributed by atoms with Gasteiger partial charge in [-0.3, -0.25) is 0 Å². The van der Waals surface area contributed by atoms with Gasteiger partial charge in [0.1, 0.15) is 0 Å². The molecule has 0 amide bonds. The summed E-state index contributed by atoms with van der Waals surface area (Å²) in [6.07, 6.45) is -4.51. The molecule has 1 fully saturated rings. The average Bonchev–Trinajstić information content (AvgIpc) is 2.44. The average molecular weight is 325 g/mol. The van der Waals surface area contributed by atoms with Gasteiger partial charge in [0.2, 0.25) is 0 Å². The fourth-order valence-corrected chi connectivity index (χ4v) is 2.75. The minimum atomic E-state index is -4.82. The van der Waals surface area contributed by atoms with Crippen molar-refractivity contribution in [1.29, 1.82) is 0 Å². The molecule has 0 aromatic heterocycles. The highest BCUT2D eigenvalue weighted by Crippen LogP contribution is 2.39. The molecule has 0 bridgehead atoms. The zero-order valence-electron chi connectivity index (χ0n) is 11.8. The molecular weight excluding hydrogens is 308 g/mol. The van der Waals surface area contributed by atoms with Gasteiger partial charge in [-0.05, 0) is 37.0 Å². The van der Waals surface area contributed by atoms with E-state index in [1.165, 1.54) is 0 Å². The molecule has 1 N–H and O–H groups in total. The van der Waals surface area contributed by atoms with Crippen LogP contribution in [0.5, 0.6) is 0 Å². The third kappa shape index (κ3) is 4.30. The van der Waals surface area contributed by atoms with Crippen molar-refractivity contribution in [2.45, 2.75) is 44.5 Å². The molecule has 0 aliphatic heterocycles. The van der Waals surface area contributed by atoms with E-state index in [9.17, 15) is 26.3 Å². The first kappa shape index (κ1) is 17.0. The minimum absolute atomic E-state index is 0.170. The van der Waals surface area contributed by atoms with Crippen LogP contribution < -0.4 is 5.32 Å². The van der Waals surface area contributed by atoms with Crippen LogP contribution in [0.3, 0.4) is 0 Å². The van der Waals surface area contributed by atoms with E-state index in [1.54, 1.807) is 0 Å². The SMILES string of the molecule is FC(F)(F)c1ccc(NCC2CCCCC2)c(C(F)(F)F)c1. The summed E-state index contributed by atoms with van der Waals surface area (Å²) >= 11 is 0. The molecule has 7 heteroatoms. The van der Waals surface area contributed by atoms with Crippen LogP contribution in [-0.2, 0) is 12.4 Å². The van der Waals surface area contributed by atoms with Gasteiger partial charge in [-0.1, -0.05) is 19.3 Å². The van der Waals surface area contributed by atoms with Crippen molar-refractivity contribution in [3.8, 4) is 0 Å². The van der Waals surface area contributed by atoms with Crippen molar-refractivity contribution in [2.24, 2.45) is 5.92 Å². The molecule has 1 aliphatic rings. The van der Waals surface area contributed by atoms with Gasteiger partial charge in [0.05, 0.1) is 11.1 Å². The maximum atomic E-state index is 13.0. The molecule has 0 saturated heterocycles. The fraction of sp³-hybridized carbons (Fsp3) is 0.600. The fourth-order valence-electron chi connectivity index (χ4n) is 2.75. The maximum Gasteiger partial charge on any atom is 0.418 e. The molecule has 1 aliphatic carbocycles. The molecule has 2 rings (SSSR count). The highest BCUT2D eigenvalue weighted by atomic mass is 19.4. The van der Waals surface area contributed by atoms with Crippen molar-refractivity contribution < 1.29 is 26.3 Å². The highest BCUT2D eigenvalue weighted by Gasteiger charge is 2.38. The molecule has 0 atom stereocenters. The summed E-state index contributed by atoms with van der Waals surface area (Å²) in [6.45, 7) is 0.356. The summed E-state index contributed by atoms with van der Waals surface area (Å²) in [4.78, 5) is 0. The first-order valence-corrected chi connectivity index (χ1v) is 7.20. The smallest absolute Gasteiger partial charge is 0.384 e. The Morgan fingerprint density at radius 1 is 0.909 bits per heavy atom. The summed E-state index contributed by atoms with van der Waals surface area (Å²) in [5.74, 6) is 0.275. The molecule has 1 aromatic carbocycles. The van der Waals surface area contributed by atoms with Gasteiger partial charge in [0.15, 0.2) is 0 Å². The number of nitrogens with one attached hydrogen (secondary N) is 1. The van der Waals surface area contributed by atoms with Gasteiger partial charge in [-0.25, -0.2) is 0 Å². The topological polar surface area (TPSA) is 12.0 Å². The number of anilines is 1. The van der Waals surface area contributed by atoms with Crippen LogP contribution in [0, 0.1) is 5.92 Å². The maximum absolute atomic E-state index is 13.0. The quantitative estimate of drug-likeness (QED) is 0.701. The summed E-state index contributed by atoms with van der Waals surface area (Å²) in [7, 11) is 0. The monoisotopic (exact) mass is 325 g/mol. The number of rotatable bonds is 3. The lowest BCUT2D eigenvalue weighted by Gasteiger charge is -2.24. The van der Waals surface area contributed by atoms with Gasteiger partial charge in [-0.2, -0.15) is 26.3 Å². The second-order valence-electron chi connectivity index (χ2n) is 5.64. The van der Waals surface area contributed by atoms with E-state index in [0.29, 0.717) is 12.6 Å². The van der Waals surface area contributed by atoms with E-state index in [2.05, 4.69) is 5.32 Å². The summed E-state index contributed by atoms with van der Waals surface area (Å²) in [6, 6.07) is 1.72. The Morgan fingerprint density at radius 3 is 2.09 bits per heavy atom. The van der Waals surface area contributed by atoms with Gasteiger partial charge in [0.25, 0.3) is 0 Å². The molecule has 0 spiro atoms. The zero-order chi connectivity index (χ0) is 16.4. The first-order valence-electron chi connectivity index (χ1n) is 7.20. The van der Waals surface area contributed by atoms with Crippen LogP contribution in [0.25, 0.3) is 0 Å². The Kier molecular flexibility index (Phi) is 4.92. The summed E-state index contributed by atoms with van der Waals surface area (Å²) in [5, 5.41) is 2.68. The van der Waals surface area contributed by atoms with E-state index in [-0.39, 0.29) is 17.7 Å². The molecule has 1 nitrogen and oxygen atoms in total. The first-order chi connectivity index (χ1) is 10.2. The Bertz CT molecular complexity index is 500. The number of hydrogen-bond acceptors (Lipinski definition) is 1. The van der Waals surface area contributed by atoms with Gasteiger partial charge in [-0.15, -0.1) is 0 Å². The normalized spacial score (nSPS) is 17.5. The Balaban J connectivity index is 2.18. The Morgan fingerprint density at radius 2 is 1.55 bits per heavy atom. The number of halogens is 6. The van der Waals surface area contributed by atoms with Crippen LogP contribution >= 0.6 is 0 Å². The van der Waals surface area contributed by atoms with Crippen molar-refractivity contribution in [3.63, 3.8) is 0 Å². The molecule has 0 heterocycles. The lowest BCUT2D eigenvalue weighted by molar-refractivity contribution is -0.142. The van der Waals surface area contributed by atoms with E-state index in [0.717, 1.165) is 38.2 Å². The van der Waals surface area contributed by atoms with Crippen LogP contribution in [0.4, 0.5) is 32.0 Å². The standard InChI is InChI=1S/C15H17F6N/c16-14(17,18)11-6-7-13(12(8-11)15(19,20)21)22-9-10-4-2-1-3-5-10/h6-8,10,22H,1-5,9H2. The molecular formula is C15H17F6N. The van der Waals surface area contributed by atoms with Gasteiger partial charge in [0, 0.05) is 12.2 Å². The molecule has 1 saturated carbocycles. The zero-order valence-corrected chi connectivity index (χ0v) is 11.8. The molecule has 22 heavy (non-hydrogen) atoms. The van der Waals surface area contributed by atoms with Crippen molar-refractivity contribution in [3.05, 3.63) is 29.3 Å². The Labute approximate surface area is 124 Å². The molecule has 124 valence electrons. The third-order valence-electron chi connectivity index (χ3n) is 3.96. The van der Waals surface area contributed by atoms with E-state index in [4.69, 9.17) is 0 Å². The number of benzene rings is 1. The molecule has 0 radical (unpaired) electrons. The van der Waals surface area contributed by atoms with Crippen molar-refractivity contribution in [1.82, 2.24) is 0 Å². The number of alkyl halides is 6. The summed E-state index contributed by atoms with van der Waals surface area (Å²) < 4.78 is 76.7. The second kappa shape index (κ2) is 6.38. The Hall–Kier alpha value is -1.40. The third-order valence-corrected chi connectivity index (χ3v) is 3.96. The lowest BCUT2D eigenvalue weighted by Crippen LogP contribution is -2.20. The lowest BCUT2D eigenvalue weighted by atomic mass is 9.89. The van der Waals surface area contributed by atoms with E-state index < -0.39 is 23.5 Å². The summed E-state index contributed by atoms with van der Waals surface area (Å²) in [5.41, 5.74) is -2.84. The van der Waals surface area contributed by atoms with Gasteiger partial charge < -0.3 is 5.32 Å². The van der Waals surface area contributed by atoms with E-state index >= 15 is 0 Å². The van der Waals surface area contributed by atoms with Crippen LogP contribution in [0.2, 0.25) is 0 Å².